The number of methoxy groups -OCH3 is 1. The second kappa shape index (κ2) is 6.29. The average Bonchev–Trinajstić information content (AvgIpc) is 3.12. The zero-order chi connectivity index (χ0) is 18.2. The molecule has 2 heterocycles. The fourth-order valence-corrected chi connectivity index (χ4v) is 3.43. The fourth-order valence-electron chi connectivity index (χ4n) is 3.43. The molecule has 3 aromatic carbocycles. The molecule has 0 spiro atoms. The Labute approximate surface area is 156 Å². The van der Waals surface area contributed by atoms with Crippen LogP contribution in [0.15, 0.2) is 89.3 Å². The molecular formula is C24H17NO2. The van der Waals surface area contributed by atoms with Crippen LogP contribution in [0.25, 0.3) is 44.5 Å². The van der Waals surface area contributed by atoms with Gasteiger partial charge in [0.2, 0.25) is 0 Å². The number of hydrogen-bond acceptors (Lipinski definition) is 3. The highest BCUT2D eigenvalue weighted by atomic mass is 16.5. The van der Waals surface area contributed by atoms with Gasteiger partial charge in [-0.05, 0) is 24.3 Å². The van der Waals surface area contributed by atoms with Crippen molar-refractivity contribution in [2.24, 2.45) is 0 Å². The molecule has 0 saturated carbocycles. The molecule has 2 aromatic heterocycles. The predicted octanol–water partition coefficient (Wildman–Crippen LogP) is 6.32. The maximum Gasteiger partial charge on any atom is 0.161 e. The topological polar surface area (TPSA) is 35.3 Å². The Morgan fingerprint density at radius 2 is 1.44 bits per heavy atom. The van der Waals surface area contributed by atoms with Crippen LogP contribution in [0.3, 0.4) is 0 Å². The summed E-state index contributed by atoms with van der Waals surface area (Å²) in [6.45, 7) is 0. The molecule has 5 aromatic rings. The van der Waals surface area contributed by atoms with Crippen molar-refractivity contribution in [1.82, 2.24) is 4.98 Å². The molecule has 0 saturated heterocycles. The highest BCUT2D eigenvalue weighted by Gasteiger charge is 2.16. The molecule has 3 nitrogen and oxygen atoms in total. The number of fused-ring (bicyclic) bond motifs is 3. The van der Waals surface area contributed by atoms with Crippen LogP contribution in [0.2, 0.25) is 0 Å². The summed E-state index contributed by atoms with van der Waals surface area (Å²) in [7, 11) is 1.68. The van der Waals surface area contributed by atoms with Crippen LogP contribution in [0.1, 0.15) is 0 Å². The van der Waals surface area contributed by atoms with E-state index in [2.05, 4.69) is 30.3 Å². The molecule has 130 valence electrons. The van der Waals surface area contributed by atoms with E-state index in [0.717, 1.165) is 50.2 Å². The molecule has 0 aliphatic rings. The van der Waals surface area contributed by atoms with Crippen LogP contribution >= 0.6 is 0 Å². The van der Waals surface area contributed by atoms with E-state index in [-0.39, 0.29) is 0 Å². The van der Waals surface area contributed by atoms with Crippen molar-refractivity contribution >= 4 is 21.9 Å². The van der Waals surface area contributed by atoms with Gasteiger partial charge in [-0.1, -0.05) is 60.7 Å². The van der Waals surface area contributed by atoms with Crippen molar-refractivity contribution in [2.75, 3.05) is 7.11 Å². The smallest absolute Gasteiger partial charge is 0.161 e. The van der Waals surface area contributed by atoms with Crippen LogP contribution in [0.5, 0.6) is 5.75 Å². The van der Waals surface area contributed by atoms with Crippen LogP contribution in [0.4, 0.5) is 0 Å². The zero-order valence-electron chi connectivity index (χ0n) is 14.8. The standard InChI is InChI=1S/C24H17NO2/c1-26-18-12-13-22-19(14-18)20-15-21(16-8-4-2-5-9-16)25-23(24(20)27-22)17-10-6-3-7-11-17/h2-15H,1H3. The summed E-state index contributed by atoms with van der Waals surface area (Å²) in [5, 5.41) is 2.07. The van der Waals surface area contributed by atoms with E-state index >= 15 is 0 Å². The normalized spacial score (nSPS) is 11.1. The van der Waals surface area contributed by atoms with E-state index in [1.54, 1.807) is 7.11 Å². The first kappa shape index (κ1) is 15.6. The minimum Gasteiger partial charge on any atom is -0.497 e. The summed E-state index contributed by atoms with van der Waals surface area (Å²) in [4.78, 5) is 4.95. The summed E-state index contributed by atoms with van der Waals surface area (Å²) in [6, 6.07) is 28.4. The SMILES string of the molecule is COc1ccc2oc3c(-c4ccccc4)nc(-c4ccccc4)cc3c2c1. The third-order valence-electron chi connectivity index (χ3n) is 4.78. The Morgan fingerprint density at radius 1 is 0.741 bits per heavy atom. The van der Waals surface area contributed by atoms with Gasteiger partial charge in [0.1, 0.15) is 17.0 Å². The number of nitrogens with zero attached hydrogens (tertiary/aromatic N) is 1. The second-order valence-electron chi connectivity index (χ2n) is 6.43. The van der Waals surface area contributed by atoms with Gasteiger partial charge in [0.05, 0.1) is 12.8 Å². The molecule has 0 aliphatic heterocycles. The number of hydrogen-bond donors (Lipinski definition) is 0. The van der Waals surface area contributed by atoms with Gasteiger partial charge in [0, 0.05) is 21.9 Å². The molecular weight excluding hydrogens is 334 g/mol. The number of rotatable bonds is 3. The first-order valence-electron chi connectivity index (χ1n) is 8.85. The van der Waals surface area contributed by atoms with E-state index in [0.29, 0.717) is 0 Å². The van der Waals surface area contributed by atoms with E-state index in [4.69, 9.17) is 14.1 Å². The largest absolute Gasteiger partial charge is 0.497 e. The maximum absolute atomic E-state index is 6.21. The van der Waals surface area contributed by atoms with E-state index in [9.17, 15) is 0 Å². The van der Waals surface area contributed by atoms with Crippen molar-refractivity contribution in [3.8, 4) is 28.3 Å². The molecule has 0 fully saturated rings. The summed E-state index contributed by atoms with van der Waals surface area (Å²) in [6.07, 6.45) is 0. The number of furan rings is 1. The molecule has 0 aliphatic carbocycles. The van der Waals surface area contributed by atoms with Crippen LogP contribution in [0, 0.1) is 0 Å². The van der Waals surface area contributed by atoms with Gasteiger partial charge in [-0.15, -0.1) is 0 Å². The van der Waals surface area contributed by atoms with E-state index in [1.165, 1.54) is 0 Å². The third-order valence-corrected chi connectivity index (χ3v) is 4.78. The molecule has 0 unspecified atom stereocenters. The van der Waals surface area contributed by atoms with Gasteiger partial charge in [0.15, 0.2) is 5.58 Å². The fraction of sp³-hybridized carbons (Fsp3) is 0.0417. The highest BCUT2D eigenvalue weighted by Crippen LogP contribution is 2.38. The van der Waals surface area contributed by atoms with Gasteiger partial charge in [0.25, 0.3) is 0 Å². The summed E-state index contributed by atoms with van der Waals surface area (Å²) >= 11 is 0. The quantitative estimate of drug-likeness (QED) is 0.381. The Balaban J connectivity index is 1.88. The predicted molar refractivity (Wildman–Crippen MR) is 109 cm³/mol. The molecule has 0 radical (unpaired) electrons. The van der Waals surface area contributed by atoms with Gasteiger partial charge in [-0.25, -0.2) is 4.98 Å². The second-order valence-corrected chi connectivity index (χ2v) is 6.43. The summed E-state index contributed by atoms with van der Waals surface area (Å²) < 4.78 is 11.6. The van der Waals surface area contributed by atoms with Crippen LogP contribution in [-0.4, -0.2) is 12.1 Å². The highest BCUT2D eigenvalue weighted by molar-refractivity contribution is 6.10. The average molecular weight is 351 g/mol. The van der Waals surface area contributed by atoms with Gasteiger partial charge in [-0.3, -0.25) is 0 Å². The first-order chi connectivity index (χ1) is 13.3. The first-order valence-corrected chi connectivity index (χ1v) is 8.85. The van der Waals surface area contributed by atoms with Gasteiger partial charge < -0.3 is 9.15 Å². The summed E-state index contributed by atoms with van der Waals surface area (Å²) in [5.74, 6) is 0.810. The minimum atomic E-state index is 0.795. The monoisotopic (exact) mass is 351 g/mol. The minimum absolute atomic E-state index is 0.795. The Bertz CT molecular complexity index is 1240. The van der Waals surface area contributed by atoms with Gasteiger partial charge >= 0.3 is 0 Å². The van der Waals surface area contributed by atoms with E-state index in [1.807, 2.05) is 54.6 Å². The summed E-state index contributed by atoms with van der Waals surface area (Å²) in [5.41, 5.74) is 5.51. The lowest BCUT2D eigenvalue weighted by Gasteiger charge is -2.07. The van der Waals surface area contributed by atoms with Crippen molar-refractivity contribution in [2.45, 2.75) is 0 Å². The number of benzene rings is 3. The Kier molecular flexibility index (Phi) is 3.65. The lowest BCUT2D eigenvalue weighted by Crippen LogP contribution is -1.89. The van der Waals surface area contributed by atoms with Crippen molar-refractivity contribution < 1.29 is 9.15 Å². The Morgan fingerprint density at radius 3 is 2.15 bits per heavy atom. The van der Waals surface area contributed by atoms with Crippen LogP contribution in [-0.2, 0) is 0 Å². The lowest BCUT2D eigenvalue weighted by atomic mass is 10.0. The van der Waals surface area contributed by atoms with Crippen molar-refractivity contribution in [1.29, 1.82) is 0 Å². The molecule has 0 N–H and O–H groups in total. The van der Waals surface area contributed by atoms with E-state index < -0.39 is 0 Å². The third kappa shape index (κ3) is 2.64. The number of aromatic nitrogens is 1. The molecule has 27 heavy (non-hydrogen) atoms. The van der Waals surface area contributed by atoms with Gasteiger partial charge in [-0.2, -0.15) is 0 Å². The molecule has 0 atom stereocenters. The number of pyridine rings is 1. The Hall–Kier alpha value is -3.59. The van der Waals surface area contributed by atoms with Crippen molar-refractivity contribution in [3.63, 3.8) is 0 Å². The van der Waals surface area contributed by atoms with Crippen molar-refractivity contribution in [3.05, 3.63) is 84.9 Å². The van der Waals surface area contributed by atoms with Crippen LogP contribution < -0.4 is 4.74 Å². The molecule has 0 bridgehead atoms. The maximum atomic E-state index is 6.21. The molecule has 0 amide bonds. The zero-order valence-corrected chi connectivity index (χ0v) is 14.8. The molecule has 5 rings (SSSR count). The lowest BCUT2D eigenvalue weighted by molar-refractivity contribution is 0.415. The number of ether oxygens (including phenoxy) is 1. The molecule has 3 heteroatoms.